The number of oxazole rings is 1. The van der Waals surface area contributed by atoms with E-state index < -0.39 is 4.92 Å². The number of non-ortho nitro benzene ring substituents is 1. The van der Waals surface area contributed by atoms with Gasteiger partial charge in [0.1, 0.15) is 5.38 Å². The summed E-state index contributed by atoms with van der Waals surface area (Å²) < 4.78 is 5.42. The Labute approximate surface area is 102 Å². The van der Waals surface area contributed by atoms with Crippen LogP contribution in [0.1, 0.15) is 18.2 Å². The highest BCUT2D eigenvalue weighted by molar-refractivity contribution is 6.20. The monoisotopic (exact) mass is 252 g/mol. The van der Waals surface area contributed by atoms with Crippen LogP contribution in [-0.2, 0) is 0 Å². The molecule has 5 nitrogen and oxygen atoms in total. The molecule has 2 aromatic rings. The molecular formula is C11H9ClN2O3. The van der Waals surface area contributed by atoms with E-state index in [4.69, 9.17) is 16.0 Å². The third kappa shape index (κ3) is 2.45. The molecule has 0 amide bonds. The van der Waals surface area contributed by atoms with Crippen molar-refractivity contribution in [2.45, 2.75) is 12.3 Å². The second-order valence-corrected chi connectivity index (χ2v) is 4.14. The lowest BCUT2D eigenvalue weighted by Gasteiger charge is -1.97. The van der Waals surface area contributed by atoms with E-state index in [0.29, 0.717) is 11.7 Å². The van der Waals surface area contributed by atoms with Gasteiger partial charge in [-0.25, -0.2) is 4.98 Å². The Morgan fingerprint density at radius 1 is 1.41 bits per heavy atom. The first-order chi connectivity index (χ1) is 8.08. The molecule has 0 aliphatic rings. The van der Waals surface area contributed by atoms with E-state index in [1.54, 1.807) is 25.3 Å². The molecule has 0 spiro atoms. The van der Waals surface area contributed by atoms with Gasteiger partial charge in [-0.1, -0.05) is 0 Å². The van der Waals surface area contributed by atoms with Crippen LogP contribution in [0, 0.1) is 10.1 Å². The number of hydrogen-bond donors (Lipinski definition) is 0. The Kier molecular flexibility index (Phi) is 3.10. The molecular weight excluding hydrogens is 244 g/mol. The molecule has 0 aliphatic carbocycles. The minimum absolute atomic E-state index is 0.0409. The number of aromatic nitrogens is 1. The van der Waals surface area contributed by atoms with Crippen molar-refractivity contribution >= 4 is 17.3 Å². The molecule has 0 saturated carbocycles. The lowest BCUT2D eigenvalue weighted by Crippen LogP contribution is -1.86. The SMILES string of the molecule is CC(Cl)c1ncc(-c2ccc([N+](=O)[O-])cc2)o1. The lowest BCUT2D eigenvalue weighted by atomic mass is 10.2. The normalized spacial score (nSPS) is 12.4. The molecule has 1 heterocycles. The topological polar surface area (TPSA) is 69.2 Å². The van der Waals surface area contributed by atoms with E-state index >= 15 is 0 Å². The Balaban J connectivity index is 2.30. The summed E-state index contributed by atoms with van der Waals surface area (Å²) >= 11 is 5.83. The van der Waals surface area contributed by atoms with Gasteiger partial charge < -0.3 is 4.42 Å². The number of halogens is 1. The highest BCUT2D eigenvalue weighted by Gasteiger charge is 2.12. The quantitative estimate of drug-likeness (QED) is 0.476. The zero-order valence-corrected chi connectivity index (χ0v) is 9.72. The fourth-order valence-corrected chi connectivity index (χ4v) is 1.45. The first-order valence-electron chi connectivity index (χ1n) is 4.92. The van der Waals surface area contributed by atoms with Crippen molar-refractivity contribution in [3.8, 4) is 11.3 Å². The van der Waals surface area contributed by atoms with Gasteiger partial charge in [-0.15, -0.1) is 11.6 Å². The van der Waals surface area contributed by atoms with E-state index in [2.05, 4.69) is 4.98 Å². The van der Waals surface area contributed by atoms with E-state index in [9.17, 15) is 10.1 Å². The van der Waals surface area contributed by atoms with Crippen LogP contribution in [0.5, 0.6) is 0 Å². The van der Waals surface area contributed by atoms with E-state index in [1.807, 2.05) is 0 Å². The van der Waals surface area contributed by atoms with Crippen LogP contribution in [0.25, 0.3) is 11.3 Å². The minimum Gasteiger partial charge on any atom is -0.439 e. The zero-order chi connectivity index (χ0) is 12.4. The van der Waals surface area contributed by atoms with Crippen LogP contribution < -0.4 is 0 Å². The summed E-state index contributed by atoms with van der Waals surface area (Å²) in [5.41, 5.74) is 0.769. The number of nitro groups is 1. The van der Waals surface area contributed by atoms with E-state index in [0.717, 1.165) is 5.56 Å². The van der Waals surface area contributed by atoms with Crippen molar-refractivity contribution < 1.29 is 9.34 Å². The molecule has 0 radical (unpaired) electrons. The van der Waals surface area contributed by atoms with Gasteiger partial charge in [-0.3, -0.25) is 10.1 Å². The third-order valence-corrected chi connectivity index (χ3v) is 2.41. The number of benzene rings is 1. The zero-order valence-electron chi connectivity index (χ0n) is 8.96. The van der Waals surface area contributed by atoms with E-state index in [-0.39, 0.29) is 11.1 Å². The molecule has 0 saturated heterocycles. The first-order valence-corrected chi connectivity index (χ1v) is 5.36. The van der Waals surface area contributed by atoms with Crippen molar-refractivity contribution in [1.82, 2.24) is 4.98 Å². The van der Waals surface area contributed by atoms with Crippen molar-refractivity contribution in [2.24, 2.45) is 0 Å². The second kappa shape index (κ2) is 4.55. The fraction of sp³-hybridized carbons (Fsp3) is 0.182. The Morgan fingerprint density at radius 2 is 2.06 bits per heavy atom. The number of nitro benzene ring substituents is 1. The van der Waals surface area contributed by atoms with Crippen molar-refractivity contribution in [3.63, 3.8) is 0 Å². The van der Waals surface area contributed by atoms with Gasteiger partial charge in [0.05, 0.1) is 11.1 Å². The predicted molar refractivity (Wildman–Crippen MR) is 62.9 cm³/mol. The van der Waals surface area contributed by atoms with Crippen molar-refractivity contribution in [1.29, 1.82) is 0 Å². The van der Waals surface area contributed by atoms with Crippen LogP contribution in [-0.4, -0.2) is 9.91 Å². The fourth-order valence-electron chi connectivity index (χ4n) is 1.35. The maximum atomic E-state index is 10.5. The lowest BCUT2D eigenvalue weighted by molar-refractivity contribution is -0.384. The smallest absolute Gasteiger partial charge is 0.269 e. The minimum atomic E-state index is -0.448. The van der Waals surface area contributed by atoms with Crippen LogP contribution in [0.3, 0.4) is 0 Å². The number of hydrogen-bond acceptors (Lipinski definition) is 4. The van der Waals surface area contributed by atoms with Gasteiger partial charge in [0.25, 0.3) is 5.69 Å². The summed E-state index contributed by atoms with van der Waals surface area (Å²) in [6.07, 6.45) is 1.55. The molecule has 2 rings (SSSR count). The summed E-state index contributed by atoms with van der Waals surface area (Å²) in [7, 11) is 0. The standard InChI is InChI=1S/C11H9ClN2O3/c1-7(12)11-13-6-10(17-11)8-2-4-9(5-3-8)14(15)16/h2-7H,1H3. The molecule has 0 aliphatic heterocycles. The third-order valence-electron chi connectivity index (χ3n) is 2.23. The highest BCUT2D eigenvalue weighted by atomic mass is 35.5. The number of nitrogens with zero attached hydrogens (tertiary/aromatic N) is 2. The average molecular weight is 253 g/mol. The van der Waals surface area contributed by atoms with Gasteiger partial charge in [0.15, 0.2) is 5.76 Å². The molecule has 88 valence electrons. The summed E-state index contributed by atoms with van der Waals surface area (Å²) in [6, 6.07) is 6.06. The van der Waals surface area contributed by atoms with Gasteiger partial charge in [0, 0.05) is 17.7 Å². The largest absolute Gasteiger partial charge is 0.439 e. The number of alkyl halides is 1. The van der Waals surface area contributed by atoms with Gasteiger partial charge in [0.2, 0.25) is 5.89 Å². The highest BCUT2D eigenvalue weighted by Crippen LogP contribution is 2.26. The van der Waals surface area contributed by atoms with Crippen molar-refractivity contribution in [3.05, 3.63) is 46.5 Å². The van der Waals surface area contributed by atoms with Crippen LogP contribution in [0.15, 0.2) is 34.9 Å². The predicted octanol–water partition coefficient (Wildman–Crippen LogP) is 3.55. The average Bonchev–Trinajstić information content (AvgIpc) is 2.78. The second-order valence-electron chi connectivity index (χ2n) is 3.48. The molecule has 0 N–H and O–H groups in total. The molecule has 17 heavy (non-hydrogen) atoms. The summed E-state index contributed by atoms with van der Waals surface area (Å²) in [5.74, 6) is 0.974. The Morgan fingerprint density at radius 3 is 2.53 bits per heavy atom. The summed E-state index contributed by atoms with van der Waals surface area (Å²) in [6.45, 7) is 1.76. The van der Waals surface area contributed by atoms with Crippen LogP contribution in [0.4, 0.5) is 5.69 Å². The van der Waals surface area contributed by atoms with Gasteiger partial charge >= 0.3 is 0 Å². The Hall–Kier alpha value is -1.88. The summed E-state index contributed by atoms with van der Waals surface area (Å²) in [5, 5.41) is 10.2. The molecule has 0 fully saturated rings. The molecule has 1 aromatic heterocycles. The van der Waals surface area contributed by atoms with Gasteiger partial charge in [-0.2, -0.15) is 0 Å². The van der Waals surface area contributed by atoms with Gasteiger partial charge in [-0.05, 0) is 19.1 Å². The van der Waals surface area contributed by atoms with Crippen molar-refractivity contribution in [2.75, 3.05) is 0 Å². The summed E-state index contributed by atoms with van der Waals surface area (Å²) in [4.78, 5) is 14.1. The molecule has 6 heteroatoms. The maximum absolute atomic E-state index is 10.5. The molecule has 1 aromatic carbocycles. The molecule has 1 unspecified atom stereocenters. The van der Waals surface area contributed by atoms with Crippen LogP contribution in [0.2, 0.25) is 0 Å². The maximum Gasteiger partial charge on any atom is 0.269 e. The molecule has 1 atom stereocenters. The van der Waals surface area contributed by atoms with Crippen LogP contribution >= 0.6 is 11.6 Å². The van der Waals surface area contributed by atoms with E-state index in [1.165, 1.54) is 12.1 Å². The Bertz CT molecular complexity index is 534. The first kappa shape index (κ1) is 11.6. The molecule has 0 bridgehead atoms. The number of rotatable bonds is 3.